The molecule has 2 aromatic carbocycles. The molecule has 150 valence electrons. The second kappa shape index (κ2) is 8.17. The Labute approximate surface area is 170 Å². The molecular formula is C23H26N4O2. The van der Waals surface area contributed by atoms with Crippen molar-refractivity contribution in [3.8, 4) is 0 Å². The van der Waals surface area contributed by atoms with Crippen molar-refractivity contribution in [3.05, 3.63) is 75.6 Å². The number of amides is 1. The topological polar surface area (TPSA) is 58.4 Å². The third kappa shape index (κ3) is 3.93. The highest BCUT2D eigenvalue weighted by Crippen LogP contribution is 2.13. The predicted molar refractivity (Wildman–Crippen MR) is 114 cm³/mol. The SMILES string of the molecule is CCn1nc(C(=O)N2CCN(Cc3cccc(C)c3)CC2)c(=O)c2ccccc21. The minimum absolute atomic E-state index is 0.0256. The molecule has 4 rings (SSSR count). The number of aromatic nitrogens is 2. The number of para-hydroxylation sites is 1. The molecular weight excluding hydrogens is 364 g/mol. The molecule has 0 N–H and O–H groups in total. The number of carbonyl (C=O) groups is 1. The number of fused-ring (bicyclic) bond motifs is 1. The lowest BCUT2D eigenvalue weighted by atomic mass is 10.1. The molecule has 3 aromatic rings. The molecule has 1 aliphatic rings. The smallest absolute Gasteiger partial charge is 0.278 e. The van der Waals surface area contributed by atoms with Crippen molar-refractivity contribution in [2.24, 2.45) is 0 Å². The fourth-order valence-electron chi connectivity index (χ4n) is 3.95. The maximum absolute atomic E-state index is 13.1. The molecule has 1 aliphatic heterocycles. The molecule has 0 bridgehead atoms. The Morgan fingerprint density at radius 3 is 2.52 bits per heavy atom. The zero-order valence-corrected chi connectivity index (χ0v) is 17.0. The van der Waals surface area contributed by atoms with Gasteiger partial charge in [0, 0.05) is 44.7 Å². The Balaban J connectivity index is 1.50. The van der Waals surface area contributed by atoms with Crippen molar-refractivity contribution in [1.29, 1.82) is 0 Å². The summed E-state index contributed by atoms with van der Waals surface area (Å²) >= 11 is 0. The number of benzene rings is 2. The minimum Gasteiger partial charge on any atom is -0.335 e. The first-order chi connectivity index (χ1) is 14.1. The number of hydrogen-bond acceptors (Lipinski definition) is 4. The van der Waals surface area contributed by atoms with Gasteiger partial charge in [0.1, 0.15) is 0 Å². The van der Waals surface area contributed by atoms with Crippen LogP contribution in [-0.2, 0) is 13.1 Å². The number of carbonyl (C=O) groups excluding carboxylic acids is 1. The average molecular weight is 390 g/mol. The number of hydrogen-bond donors (Lipinski definition) is 0. The molecule has 6 heteroatoms. The maximum atomic E-state index is 13.1. The van der Waals surface area contributed by atoms with Crippen LogP contribution in [0.2, 0.25) is 0 Å². The van der Waals surface area contributed by atoms with E-state index >= 15 is 0 Å². The third-order valence-corrected chi connectivity index (χ3v) is 5.51. The quantitative estimate of drug-likeness (QED) is 0.687. The molecule has 1 amide bonds. The molecule has 0 radical (unpaired) electrons. The van der Waals surface area contributed by atoms with Crippen LogP contribution < -0.4 is 5.43 Å². The molecule has 0 spiro atoms. The summed E-state index contributed by atoms with van der Waals surface area (Å²) in [7, 11) is 0. The first kappa shape index (κ1) is 19.3. The van der Waals surface area contributed by atoms with E-state index in [0.29, 0.717) is 25.0 Å². The van der Waals surface area contributed by atoms with Gasteiger partial charge in [-0.2, -0.15) is 5.10 Å². The van der Waals surface area contributed by atoms with Crippen molar-refractivity contribution in [2.45, 2.75) is 26.9 Å². The summed E-state index contributed by atoms with van der Waals surface area (Å²) in [5.74, 6) is -0.266. The zero-order valence-electron chi connectivity index (χ0n) is 17.0. The van der Waals surface area contributed by atoms with Gasteiger partial charge in [0.25, 0.3) is 5.91 Å². The van der Waals surface area contributed by atoms with Gasteiger partial charge in [0.2, 0.25) is 5.43 Å². The Hall–Kier alpha value is -2.99. The van der Waals surface area contributed by atoms with Crippen LogP contribution in [0.15, 0.2) is 53.3 Å². The van der Waals surface area contributed by atoms with E-state index in [0.717, 1.165) is 25.2 Å². The van der Waals surface area contributed by atoms with Gasteiger partial charge in [-0.15, -0.1) is 0 Å². The summed E-state index contributed by atoms with van der Waals surface area (Å²) in [4.78, 5) is 30.1. The number of piperazine rings is 1. The van der Waals surface area contributed by atoms with Crippen LogP contribution >= 0.6 is 0 Å². The van der Waals surface area contributed by atoms with E-state index in [4.69, 9.17) is 0 Å². The number of rotatable bonds is 4. The molecule has 0 saturated carbocycles. The van der Waals surface area contributed by atoms with Gasteiger partial charge < -0.3 is 4.90 Å². The van der Waals surface area contributed by atoms with Crippen molar-refractivity contribution in [1.82, 2.24) is 19.6 Å². The second-order valence-corrected chi connectivity index (χ2v) is 7.57. The van der Waals surface area contributed by atoms with Gasteiger partial charge in [0.05, 0.1) is 5.52 Å². The highest BCUT2D eigenvalue weighted by Gasteiger charge is 2.26. The Morgan fingerprint density at radius 2 is 1.79 bits per heavy atom. The Bertz CT molecular complexity index is 1100. The summed E-state index contributed by atoms with van der Waals surface area (Å²) in [5, 5.41) is 4.94. The van der Waals surface area contributed by atoms with E-state index in [1.165, 1.54) is 11.1 Å². The molecule has 6 nitrogen and oxygen atoms in total. The molecule has 0 unspecified atom stereocenters. The summed E-state index contributed by atoms with van der Waals surface area (Å²) in [5.41, 5.74) is 3.05. The first-order valence-corrected chi connectivity index (χ1v) is 10.1. The predicted octanol–water partition coefficient (Wildman–Crippen LogP) is 2.68. The van der Waals surface area contributed by atoms with E-state index in [1.807, 2.05) is 25.1 Å². The van der Waals surface area contributed by atoms with Crippen LogP contribution in [0.1, 0.15) is 28.5 Å². The van der Waals surface area contributed by atoms with E-state index in [-0.39, 0.29) is 17.0 Å². The molecule has 1 saturated heterocycles. The van der Waals surface area contributed by atoms with E-state index in [9.17, 15) is 9.59 Å². The molecule has 0 atom stereocenters. The van der Waals surface area contributed by atoms with E-state index in [1.54, 1.807) is 15.6 Å². The molecule has 29 heavy (non-hydrogen) atoms. The minimum atomic E-state index is -0.280. The average Bonchev–Trinajstić information content (AvgIpc) is 2.74. The lowest BCUT2D eigenvalue weighted by Gasteiger charge is -2.34. The van der Waals surface area contributed by atoms with Crippen LogP contribution in [0.25, 0.3) is 10.9 Å². The lowest BCUT2D eigenvalue weighted by Crippen LogP contribution is -2.49. The largest absolute Gasteiger partial charge is 0.335 e. The zero-order chi connectivity index (χ0) is 20.4. The van der Waals surface area contributed by atoms with Crippen LogP contribution in [-0.4, -0.2) is 51.7 Å². The highest BCUT2D eigenvalue weighted by atomic mass is 16.2. The van der Waals surface area contributed by atoms with Gasteiger partial charge in [-0.3, -0.25) is 19.2 Å². The Kier molecular flexibility index (Phi) is 5.45. The van der Waals surface area contributed by atoms with Gasteiger partial charge in [0.15, 0.2) is 5.69 Å². The summed E-state index contributed by atoms with van der Waals surface area (Å²) in [6.07, 6.45) is 0. The Morgan fingerprint density at radius 1 is 1.03 bits per heavy atom. The number of aryl methyl sites for hydroxylation is 2. The van der Waals surface area contributed by atoms with Crippen molar-refractivity contribution >= 4 is 16.8 Å². The van der Waals surface area contributed by atoms with Crippen LogP contribution in [0.3, 0.4) is 0 Å². The summed E-state index contributed by atoms with van der Waals surface area (Å²) < 4.78 is 1.73. The third-order valence-electron chi connectivity index (χ3n) is 5.51. The molecule has 1 fully saturated rings. The number of nitrogens with zero attached hydrogens (tertiary/aromatic N) is 4. The van der Waals surface area contributed by atoms with Crippen LogP contribution in [0, 0.1) is 6.92 Å². The van der Waals surface area contributed by atoms with Gasteiger partial charge in [-0.05, 0) is 31.5 Å². The van der Waals surface area contributed by atoms with Crippen molar-refractivity contribution < 1.29 is 4.79 Å². The van der Waals surface area contributed by atoms with Crippen molar-refractivity contribution in [3.63, 3.8) is 0 Å². The van der Waals surface area contributed by atoms with Gasteiger partial charge in [-0.25, -0.2) is 0 Å². The maximum Gasteiger partial charge on any atom is 0.278 e. The molecule has 1 aromatic heterocycles. The monoisotopic (exact) mass is 390 g/mol. The van der Waals surface area contributed by atoms with Crippen LogP contribution in [0.5, 0.6) is 0 Å². The van der Waals surface area contributed by atoms with Gasteiger partial charge >= 0.3 is 0 Å². The molecule has 0 aliphatic carbocycles. The van der Waals surface area contributed by atoms with Crippen molar-refractivity contribution in [2.75, 3.05) is 26.2 Å². The normalized spacial score (nSPS) is 15.0. The van der Waals surface area contributed by atoms with Crippen LogP contribution in [0.4, 0.5) is 0 Å². The van der Waals surface area contributed by atoms with E-state index < -0.39 is 0 Å². The van der Waals surface area contributed by atoms with Gasteiger partial charge in [-0.1, -0.05) is 42.0 Å². The fraction of sp³-hybridized carbons (Fsp3) is 0.348. The van der Waals surface area contributed by atoms with E-state index in [2.05, 4.69) is 41.2 Å². The first-order valence-electron chi connectivity index (χ1n) is 10.1. The summed E-state index contributed by atoms with van der Waals surface area (Å²) in [6, 6.07) is 15.8. The molecule has 2 heterocycles. The highest BCUT2D eigenvalue weighted by molar-refractivity contribution is 5.95. The lowest BCUT2D eigenvalue weighted by molar-refractivity contribution is 0.0619. The summed E-state index contributed by atoms with van der Waals surface area (Å²) in [6.45, 7) is 8.31. The second-order valence-electron chi connectivity index (χ2n) is 7.57. The standard InChI is InChI=1S/C23H26N4O2/c1-3-27-20-10-5-4-9-19(20)22(28)21(24-27)23(29)26-13-11-25(12-14-26)16-18-8-6-7-17(2)15-18/h4-10,15H,3,11-14,16H2,1-2H3. The fourth-order valence-corrected chi connectivity index (χ4v) is 3.95.